The van der Waals surface area contributed by atoms with Gasteiger partial charge in [0.25, 0.3) is 5.91 Å². The second-order valence-electron chi connectivity index (χ2n) is 10.1. The molecular weight excluding hydrogens is 424 g/mol. The monoisotopic (exact) mass is 460 g/mol. The first kappa shape index (κ1) is 23.4. The van der Waals surface area contributed by atoms with Gasteiger partial charge < -0.3 is 24.4 Å². The van der Waals surface area contributed by atoms with Gasteiger partial charge in [-0.15, -0.1) is 0 Å². The molecule has 4 rings (SSSR count). The van der Waals surface area contributed by atoms with Crippen LogP contribution in [0.2, 0.25) is 18.6 Å². The molecule has 2 fully saturated rings. The van der Waals surface area contributed by atoms with E-state index in [4.69, 9.17) is 4.74 Å². The van der Waals surface area contributed by atoms with Crippen molar-refractivity contribution in [1.29, 1.82) is 0 Å². The largest absolute Gasteiger partial charge is 0.432 e. The van der Waals surface area contributed by atoms with Gasteiger partial charge in [-0.3, -0.25) is 9.59 Å². The van der Waals surface area contributed by atoms with Crippen molar-refractivity contribution in [2.24, 2.45) is 5.92 Å². The quantitative estimate of drug-likeness (QED) is 0.674. The number of hydrogen-bond donors (Lipinski definition) is 2. The van der Waals surface area contributed by atoms with Crippen molar-refractivity contribution < 1.29 is 24.2 Å². The number of aliphatic hydroxyl groups excluding tert-OH is 1. The molecule has 7 nitrogen and oxygen atoms in total. The molecule has 0 unspecified atom stereocenters. The molecule has 3 aliphatic rings. The van der Waals surface area contributed by atoms with E-state index in [-0.39, 0.29) is 29.9 Å². The van der Waals surface area contributed by atoms with Crippen LogP contribution in [0.5, 0.6) is 0 Å². The lowest BCUT2D eigenvalue weighted by Crippen LogP contribution is -2.45. The number of carbonyl (C=O) groups is 2. The van der Waals surface area contributed by atoms with Crippen LogP contribution >= 0.6 is 0 Å². The molecular formula is C24H36N2O5Si. The lowest BCUT2D eigenvalue weighted by Gasteiger charge is -2.32. The van der Waals surface area contributed by atoms with Crippen molar-refractivity contribution >= 4 is 31.5 Å². The Hall–Kier alpha value is -1.74. The highest BCUT2D eigenvalue weighted by atomic mass is 28.4. The highest BCUT2D eigenvalue weighted by molar-refractivity contribution is 6.71. The molecule has 0 radical (unpaired) electrons. The maximum absolute atomic E-state index is 13.7. The van der Waals surface area contributed by atoms with Gasteiger partial charge in [-0.05, 0) is 50.6 Å². The summed E-state index contributed by atoms with van der Waals surface area (Å²) in [6, 6.07) is 5.79. The number of aliphatic hydroxyl groups is 1. The molecule has 2 saturated heterocycles. The van der Waals surface area contributed by atoms with Crippen LogP contribution in [0.4, 0.5) is 11.4 Å². The predicted molar refractivity (Wildman–Crippen MR) is 126 cm³/mol. The van der Waals surface area contributed by atoms with Crippen LogP contribution in [0.1, 0.15) is 51.0 Å². The fraction of sp³-hybridized carbons (Fsp3) is 0.667. The minimum atomic E-state index is -2.69. The Balaban J connectivity index is 1.80. The van der Waals surface area contributed by atoms with Gasteiger partial charge >= 0.3 is 0 Å². The summed E-state index contributed by atoms with van der Waals surface area (Å²) in [6.45, 7) is 6.35. The van der Waals surface area contributed by atoms with Crippen LogP contribution in [0, 0.1) is 5.92 Å². The summed E-state index contributed by atoms with van der Waals surface area (Å²) in [5.74, 6) is -0.267. The highest BCUT2D eigenvalue weighted by Crippen LogP contribution is 2.59. The normalized spacial score (nSPS) is 31.2. The summed E-state index contributed by atoms with van der Waals surface area (Å²) in [4.78, 5) is 41.1. The number of hydrogen-bond acceptors (Lipinski definition) is 5. The first-order valence-corrected chi connectivity index (χ1v) is 14.9. The molecule has 1 spiro atoms. The smallest absolute Gasteiger partial charge is 0.264 e. The number of anilines is 2. The third kappa shape index (κ3) is 3.61. The number of nitrogens with zero attached hydrogens (tertiary/aromatic N) is 2. The topological polar surface area (TPSA) is 90.3 Å². The van der Waals surface area contributed by atoms with Gasteiger partial charge in [0.05, 0.1) is 11.8 Å². The van der Waals surface area contributed by atoms with Crippen LogP contribution in [-0.4, -0.2) is 56.3 Å². The Bertz CT molecular complexity index is 901. The molecule has 2 amide bonds. The van der Waals surface area contributed by atoms with E-state index in [9.17, 15) is 19.5 Å². The molecule has 2 N–H and O–H groups in total. The van der Waals surface area contributed by atoms with E-state index < -0.39 is 20.0 Å². The van der Waals surface area contributed by atoms with E-state index in [0.717, 1.165) is 42.6 Å². The van der Waals surface area contributed by atoms with Gasteiger partial charge in [-0.25, -0.2) is 0 Å². The fourth-order valence-corrected chi connectivity index (χ4v) is 8.77. The zero-order valence-corrected chi connectivity index (χ0v) is 20.6. The summed E-state index contributed by atoms with van der Waals surface area (Å²) >= 11 is 0. The number of ether oxygens (including phenoxy) is 1. The second kappa shape index (κ2) is 8.55. The third-order valence-electron chi connectivity index (χ3n) is 7.65. The first-order valence-electron chi connectivity index (χ1n) is 11.9. The van der Waals surface area contributed by atoms with Crippen LogP contribution in [0.3, 0.4) is 0 Å². The average molecular weight is 461 g/mol. The van der Waals surface area contributed by atoms with Gasteiger partial charge in [-0.1, -0.05) is 19.8 Å². The van der Waals surface area contributed by atoms with E-state index >= 15 is 0 Å². The molecule has 3 heterocycles. The van der Waals surface area contributed by atoms with Crippen LogP contribution in [0.15, 0.2) is 18.2 Å². The van der Waals surface area contributed by atoms with Gasteiger partial charge in [0.15, 0.2) is 13.9 Å². The second-order valence-corrected chi connectivity index (χ2v) is 14.1. The molecule has 3 aliphatic heterocycles. The summed E-state index contributed by atoms with van der Waals surface area (Å²) in [5, 5.41) is 9.65. The molecule has 1 aromatic carbocycles. The van der Waals surface area contributed by atoms with Gasteiger partial charge in [0, 0.05) is 49.3 Å². The van der Waals surface area contributed by atoms with E-state index in [2.05, 4.69) is 0 Å². The Kier molecular flexibility index (Phi) is 6.26. The minimum Gasteiger partial charge on any atom is -0.432 e. The molecule has 0 aliphatic carbocycles. The molecule has 1 aromatic rings. The van der Waals surface area contributed by atoms with Crippen LogP contribution in [-0.2, 0) is 19.9 Å². The SMILES string of the molecule is C[C@H]1[C@H]([Si](C)(C)O)[C@@H](CCO)O[C@]12C(=O)N(C)c1ccc(N3CCCCCCC3=O)cc12. The Morgan fingerprint density at radius 3 is 2.59 bits per heavy atom. The molecule has 8 heteroatoms. The minimum absolute atomic E-state index is 0.0619. The summed E-state index contributed by atoms with van der Waals surface area (Å²) in [7, 11) is -0.942. The maximum atomic E-state index is 13.7. The number of amides is 2. The number of fused-ring (bicyclic) bond motifs is 2. The molecule has 176 valence electrons. The van der Waals surface area contributed by atoms with Crippen molar-refractivity contribution in [3.05, 3.63) is 23.8 Å². The zero-order chi connectivity index (χ0) is 23.3. The van der Waals surface area contributed by atoms with E-state index in [1.54, 1.807) is 11.9 Å². The van der Waals surface area contributed by atoms with Gasteiger partial charge in [0.1, 0.15) is 0 Å². The molecule has 4 atom stereocenters. The lowest BCUT2D eigenvalue weighted by atomic mass is 9.82. The van der Waals surface area contributed by atoms with Gasteiger partial charge in [-0.2, -0.15) is 0 Å². The van der Waals surface area contributed by atoms with E-state index in [0.29, 0.717) is 19.4 Å². The van der Waals surface area contributed by atoms with E-state index in [1.165, 1.54) is 0 Å². The maximum Gasteiger partial charge on any atom is 0.264 e. The molecule has 0 aromatic heterocycles. The predicted octanol–water partition coefficient (Wildman–Crippen LogP) is 3.14. The van der Waals surface area contributed by atoms with Crippen molar-refractivity contribution in [2.75, 3.05) is 30.0 Å². The van der Waals surface area contributed by atoms with Crippen LogP contribution in [0.25, 0.3) is 0 Å². The Labute approximate surface area is 191 Å². The highest BCUT2D eigenvalue weighted by Gasteiger charge is 2.65. The number of carbonyl (C=O) groups excluding carboxylic acids is 2. The average Bonchev–Trinajstić information content (AvgIpc) is 3.13. The summed E-state index contributed by atoms with van der Waals surface area (Å²) < 4.78 is 6.54. The first-order chi connectivity index (χ1) is 15.1. The standard InChI is InChI=1S/C24H36N2O5Si/c1-16-22(32(3,4)30)20(12-14-27)31-24(16)18-15-17(10-11-19(18)25(2)23(24)29)26-13-8-6-5-7-9-21(26)28/h10-11,15-16,20,22,27,30H,5-9,12-14H2,1-4H3/t16-,20+,22-,24+/m0/s1. The molecule has 32 heavy (non-hydrogen) atoms. The number of likely N-dealkylation sites (N-methyl/N-ethyl adjacent to an activating group) is 1. The summed E-state index contributed by atoms with van der Waals surface area (Å²) in [5.41, 5.74) is 0.963. The molecule has 0 bridgehead atoms. The number of benzene rings is 1. The molecule has 0 saturated carbocycles. The van der Waals surface area contributed by atoms with Gasteiger partial charge in [0.2, 0.25) is 5.91 Å². The van der Waals surface area contributed by atoms with E-state index in [1.807, 2.05) is 43.1 Å². The zero-order valence-electron chi connectivity index (χ0n) is 19.6. The number of rotatable bonds is 4. The Morgan fingerprint density at radius 2 is 1.91 bits per heavy atom. The van der Waals surface area contributed by atoms with Crippen molar-refractivity contribution in [3.8, 4) is 0 Å². The lowest BCUT2D eigenvalue weighted by molar-refractivity contribution is -0.146. The van der Waals surface area contributed by atoms with Crippen molar-refractivity contribution in [3.63, 3.8) is 0 Å². The summed E-state index contributed by atoms with van der Waals surface area (Å²) in [6.07, 6.45) is 4.60. The van der Waals surface area contributed by atoms with Crippen LogP contribution < -0.4 is 9.80 Å². The van der Waals surface area contributed by atoms with Crippen molar-refractivity contribution in [1.82, 2.24) is 0 Å². The van der Waals surface area contributed by atoms with Crippen molar-refractivity contribution in [2.45, 2.75) is 75.8 Å². The third-order valence-corrected chi connectivity index (χ3v) is 10.1. The fourth-order valence-electron chi connectivity index (χ4n) is 6.17. The Morgan fingerprint density at radius 1 is 1.19 bits per heavy atom.